The number of ether oxygens (including phenoxy) is 1. The zero-order valence-corrected chi connectivity index (χ0v) is 10.5. The summed E-state index contributed by atoms with van der Waals surface area (Å²) in [4.78, 5) is 15.6. The van der Waals surface area contributed by atoms with E-state index in [1.165, 1.54) is 0 Å². The number of nitrogens with zero attached hydrogens (tertiary/aromatic N) is 2. The first-order chi connectivity index (χ1) is 8.20. The molecule has 0 aliphatic rings. The van der Waals surface area contributed by atoms with Gasteiger partial charge in [-0.25, -0.2) is 4.98 Å². The van der Waals surface area contributed by atoms with Gasteiger partial charge in [-0.2, -0.15) is 0 Å². The van der Waals surface area contributed by atoms with E-state index in [0.717, 1.165) is 10.6 Å². The van der Waals surface area contributed by atoms with E-state index in [2.05, 4.69) is 9.72 Å². The highest BCUT2D eigenvalue weighted by molar-refractivity contribution is 6.29. The van der Waals surface area contributed by atoms with Crippen LogP contribution in [0.3, 0.4) is 0 Å². The van der Waals surface area contributed by atoms with Gasteiger partial charge in [-0.3, -0.25) is 14.1 Å². The minimum absolute atomic E-state index is 0.0247. The number of alkyl halides is 3. The first-order valence-corrected chi connectivity index (χ1v) is 5.56. The third kappa shape index (κ3) is 4.30. The summed E-state index contributed by atoms with van der Waals surface area (Å²) in [5.41, 5.74) is -0.496. The monoisotopic (exact) mass is 284 g/mol. The van der Waals surface area contributed by atoms with Gasteiger partial charge in [0.05, 0.1) is 13.2 Å². The highest BCUT2D eigenvalue weighted by atomic mass is 35.5. The molecule has 0 aliphatic carbocycles. The van der Waals surface area contributed by atoms with Crippen molar-refractivity contribution in [3.05, 3.63) is 27.4 Å². The Morgan fingerprint density at radius 3 is 2.61 bits per heavy atom. The number of aromatic nitrogens is 2. The lowest BCUT2D eigenvalue weighted by molar-refractivity contribution is -0.325. The second-order valence-corrected chi connectivity index (χ2v) is 4.26. The van der Waals surface area contributed by atoms with Crippen LogP contribution in [-0.2, 0) is 11.3 Å². The van der Waals surface area contributed by atoms with Crippen molar-refractivity contribution in [1.82, 2.24) is 9.55 Å². The highest BCUT2D eigenvalue weighted by Gasteiger charge is 2.28. The van der Waals surface area contributed by atoms with Crippen molar-refractivity contribution in [1.29, 1.82) is 0 Å². The predicted octanol–water partition coefficient (Wildman–Crippen LogP) is 2.56. The van der Waals surface area contributed by atoms with Gasteiger partial charge in [0.2, 0.25) is 0 Å². The average Bonchev–Trinajstić information content (AvgIpc) is 2.18. The van der Waals surface area contributed by atoms with Gasteiger partial charge in [-0.05, 0) is 0 Å². The third-order valence-corrected chi connectivity index (χ3v) is 2.30. The molecule has 8 heteroatoms. The molecule has 0 saturated heterocycles. The normalized spacial score (nSPS) is 12.2. The van der Waals surface area contributed by atoms with E-state index in [9.17, 15) is 18.0 Å². The fourth-order valence-corrected chi connectivity index (χ4v) is 1.59. The number of hydrogen-bond donors (Lipinski definition) is 0. The maximum Gasteiger partial charge on any atom is 0.522 e. The van der Waals surface area contributed by atoms with Crippen molar-refractivity contribution < 1.29 is 17.9 Å². The summed E-state index contributed by atoms with van der Waals surface area (Å²) < 4.78 is 40.3. The van der Waals surface area contributed by atoms with Gasteiger partial charge in [0, 0.05) is 12.0 Å². The Bertz CT molecular complexity index is 471. The largest absolute Gasteiger partial charge is 0.522 e. The molecule has 4 nitrogen and oxygen atoms in total. The van der Waals surface area contributed by atoms with E-state index >= 15 is 0 Å². The molecule has 1 aromatic heterocycles. The Kier molecular flexibility index (Phi) is 4.75. The van der Waals surface area contributed by atoms with E-state index in [0.29, 0.717) is 5.82 Å². The molecular formula is C10H12ClF3N2O2. The maximum atomic E-state index is 11.8. The Morgan fingerprint density at radius 1 is 1.50 bits per heavy atom. The van der Waals surface area contributed by atoms with Crippen LogP contribution in [0.2, 0.25) is 5.15 Å². The summed E-state index contributed by atoms with van der Waals surface area (Å²) in [7, 11) is 0. The van der Waals surface area contributed by atoms with Crippen LogP contribution in [0.4, 0.5) is 13.2 Å². The maximum absolute atomic E-state index is 11.8. The van der Waals surface area contributed by atoms with Gasteiger partial charge in [-0.15, -0.1) is 13.2 Å². The molecule has 0 amide bonds. The number of halogens is 4. The molecule has 0 spiro atoms. The molecule has 0 unspecified atom stereocenters. The highest BCUT2D eigenvalue weighted by Crippen LogP contribution is 2.17. The quantitative estimate of drug-likeness (QED) is 0.798. The lowest BCUT2D eigenvalue weighted by Gasteiger charge is -2.15. The molecular weight excluding hydrogens is 273 g/mol. The second-order valence-electron chi connectivity index (χ2n) is 3.88. The summed E-state index contributed by atoms with van der Waals surface area (Å²) >= 11 is 5.64. The van der Waals surface area contributed by atoms with Crippen molar-refractivity contribution in [2.24, 2.45) is 0 Å². The summed E-state index contributed by atoms with van der Waals surface area (Å²) in [5.74, 6) is 0.195. The van der Waals surface area contributed by atoms with Crippen LogP contribution >= 0.6 is 11.6 Å². The molecule has 1 heterocycles. The fraction of sp³-hybridized carbons (Fsp3) is 0.600. The Labute approximate surface area is 106 Å². The predicted molar refractivity (Wildman–Crippen MR) is 59.6 cm³/mol. The van der Waals surface area contributed by atoms with Crippen LogP contribution in [0.1, 0.15) is 25.6 Å². The molecule has 18 heavy (non-hydrogen) atoms. The third-order valence-electron chi connectivity index (χ3n) is 2.10. The van der Waals surface area contributed by atoms with Crippen LogP contribution in [0.15, 0.2) is 10.9 Å². The first-order valence-electron chi connectivity index (χ1n) is 5.18. The van der Waals surface area contributed by atoms with Crippen LogP contribution in [0.5, 0.6) is 0 Å². The Morgan fingerprint density at radius 2 is 2.11 bits per heavy atom. The average molecular weight is 285 g/mol. The molecule has 102 valence electrons. The van der Waals surface area contributed by atoms with Crippen molar-refractivity contribution >= 4 is 11.6 Å². The van der Waals surface area contributed by atoms with Gasteiger partial charge < -0.3 is 0 Å². The van der Waals surface area contributed by atoms with Crippen molar-refractivity contribution in [2.75, 3.05) is 6.61 Å². The van der Waals surface area contributed by atoms with Gasteiger partial charge in [0.25, 0.3) is 5.56 Å². The van der Waals surface area contributed by atoms with Gasteiger partial charge in [-0.1, -0.05) is 25.4 Å². The zero-order valence-electron chi connectivity index (χ0n) is 9.79. The summed E-state index contributed by atoms with van der Waals surface area (Å²) in [5, 5.41) is 0.0247. The molecule has 0 saturated carbocycles. The first kappa shape index (κ1) is 15.0. The summed E-state index contributed by atoms with van der Waals surface area (Å²) in [6.07, 6.45) is -4.71. The molecule has 0 aromatic carbocycles. The van der Waals surface area contributed by atoms with Crippen molar-refractivity contribution in [3.63, 3.8) is 0 Å². The molecule has 0 atom stereocenters. The van der Waals surface area contributed by atoms with Crippen molar-refractivity contribution in [3.8, 4) is 0 Å². The van der Waals surface area contributed by atoms with Crippen LogP contribution in [0, 0.1) is 0 Å². The standard InChI is InChI=1S/C10H12ClF3N2O2/c1-6(2)9-15-7(11)5-8(17)16(9)3-4-18-10(12,13)14/h5-6H,3-4H2,1-2H3. The van der Waals surface area contributed by atoms with E-state index in [1.807, 2.05) is 0 Å². The second kappa shape index (κ2) is 5.71. The molecule has 1 rings (SSSR count). The smallest absolute Gasteiger partial charge is 0.294 e. The molecule has 1 aromatic rings. The molecule has 0 radical (unpaired) electrons. The van der Waals surface area contributed by atoms with Crippen molar-refractivity contribution in [2.45, 2.75) is 32.7 Å². The van der Waals surface area contributed by atoms with Gasteiger partial charge in [0.15, 0.2) is 0 Å². The SMILES string of the molecule is CC(C)c1nc(Cl)cc(=O)n1CCOC(F)(F)F. The lowest BCUT2D eigenvalue weighted by Crippen LogP contribution is -2.28. The van der Waals surface area contributed by atoms with Crippen LogP contribution in [-0.4, -0.2) is 22.5 Å². The Balaban J connectivity index is 2.91. The lowest BCUT2D eigenvalue weighted by atomic mass is 10.2. The van der Waals surface area contributed by atoms with Crippen LogP contribution < -0.4 is 5.56 Å². The van der Waals surface area contributed by atoms with E-state index in [1.54, 1.807) is 13.8 Å². The minimum atomic E-state index is -4.71. The number of hydrogen-bond acceptors (Lipinski definition) is 3. The molecule has 0 bridgehead atoms. The Hall–Kier alpha value is -1.08. The van der Waals surface area contributed by atoms with E-state index in [-0.39, 0.29) is 17.6 Å². The van der Waals surface area contributed by atoms with Gasteiger partial charge in [0.1, 0.15) is 11.0 Å². The van der Waals surface area contributed by atoms with E-state index in [4.69, 9.17) is 11.6 Å². The summed E-state index contributed by atoms with van der Waals surface area (Å²) in [6.45, 7) is 2.65. The summed E-state index contributed by atoms with van der Waals surface area (Å²) in [6, 6.07) is 1.06. The van der Waals surface area contributed by atoms with Crippen LogP contribution in [0.25, 0.3) is 0 Å². The number of rotatable bonds is 4. The molecule has 0 fully saturated rings. The minimum Gasteiger partial charge on any atom is -0.294 e. The van der Waals surface area contributed by atoms with E-state index < -0.39 is 18.5 Å². The molecule has 0 aliphatic heterocycles. The topological polar surface area (TPSA) is 44.1 Å². The molecule has 0 N–H and O–H groups in total. The zero-order chi connectivity index (χ0) is 13.9. The fourth-order valence-electron chi connectivity index (χ4n) is 1.41. The van der Waals surface area contributed by atoms with Gasteiger partial charge >= 0.3 is 6.36 Å².